The minimum atomic E-state index is -1.11. The summed E-state index contributed by atoms with van der Waals surface area (Å²) in [5.74, 6) is -2.34. The number of hydrogen-bond acceptors (Lipinski definition) is 8. The standard InChI is InChI=1S/C21H37NO9/c1-10-11(2)18(31-20(21(27)28)14(10)5-23)9-29-8-15-12(3)16(6-24)30-17(7-25)19(15)22-13(4)26/h10-12,14-20,23-25H,5-9H2,1-4H3,(H,22,26)(H,27,28)/t10-,11?,12-,14-,15+,16?,17-,18-,19?,20?/m0/s1. The zero-order valence-electron chi connectivity index (χ0n) is 18.6. The van der Waals surface area contributed by atoms with E-state index in [4.69, 9.17) is 14.2 Å². The van der Waals surface area contributed by atoms with E-state index in [0.29, 0.717) is 0 Å². The van der Waals surface area contributed by atoms with Gasteiger partial charge in [-0.2, -0.15) is 0 Å². The number of carboxylic acids is 1. The quantitative estimate of drug-likeness (QED) is 0.307. The second kappa shape index (κ2) is 11.5. The molecule has 2 fully saturated rings. The van der Waals surface area contributed by atoms with E-state index in [1.807, 2.05) is 20.8 Å². The molecule has 0 spiro atoms. The first-order valence-corrected chi connectivity index (χ1v) is 10.9. The molecule has 2 heterocycles. The number of aliphatic hydroxyl groups excluding tert-OH is 3. The Morgan fingerprint density at radius 1 is 0.839 bits per heavy atom. The topological polar surface area (TPSA) is 155 Å². The first-order valence-electron chi connectivity index (χ1n) is 10.9. The number of amides is 1. The Labute approximate surface area is 182 Å². The second-order valence-corrected chi connectivity index (χ2v) is 8.86. The second-order valence-electron chi connectivity index (χ2n) is 8.86. The van der Waals surface area contributed by atoms with E-state index in [1.165, 1.54) is 6.92 Å². The summed E-state index contributed by atoms with van der Waals surface area (Å²) in [6.07, 6.45) is -2.73. The Kier molecular flexibility index (Phi) is 9.66. The summed E-state index contributed by atoms with van der Waals surface area (Å²) in [7, 11) is 0. The molecule has 0 bridgehead atoms. The Morgan fingerprint density at radius 3 is 2.00 bits per heavy atom. The van der Waals surface area contributed by atoms with Crippen LogP contribution in [0.1, 0.15) is 27.7 Å². The number of hydrogen-bond donors (Lipinski definition) is 5. The number of nitrogens with one attached hydrogen (secondary N) is 1. The van der Waals surface area contributed by atoms with E-state index in [1.54, 1.807) is 0 Å². The third-order valence-electron chi connectivity index (χ3n) is 7.05. The van der Waals surface area contributed by atoms with Gasteiger partial charge in [0.2, 0.25) is 5.91 Å². The van der Waals surface area contributed by atoms with Crippen LogP contribution >= 0.6 is 0 Å². The van der Waals surface area contributed by atoms with Crippen molar-refractivity contribution in [3.05, 3.63) is 0 Å². The molecule has 180 valence electrons. The van der Waals surface area contributed by atoms with Crippen molar-refractivity contribution in [2.75, 3.05) is 33.0 Å². The maximum atomic E-state index is 11.7. The zero-order chi connectivity index (χ0) is 23.3. The molecule has 0 saturated carbocycles. The van der Waals surface area contributed by atoms with E-state index in [9.17, 15) is 30.0 Å². The van der Waals surface area contributed by atoms with E-state index >= 15 is 0 Å². The minimum absolute atomic E-state index is 0.0265. The molecule has 0 aromatic rings. The number of aliphatic hydroxyl groups is 3. The predicted octanol–water partition coefficient (Wildman–Crippen LogP) is -0.755. The van der Waals surface area contributed by atoms with Gasteiger partial charge in [0, 0.05) is 25.4 Å². The lowest BCUT2D eigenvalue weighted by Crippen LogP contribution is -2.60. The van der Waals surface area contributed by atoms with Gasteiger partial charge in [0.15, 0.2) is 6.10 Å². The van der Waals surface area contributed by atoms with Crippen molar-refractivity contribution in [2.45, 2.75) is 58.2 Å². The Hall–Kier alpha value is -1.30. The lowest BCUT2D eigenvalue weighted by Gasteiger charge is -2.46. The van der Waals surface area contributed by atoms with Crippen LogP contribution in [0, 0.1) is 29.6 Å². The molecule has 2 saturated heterocycles. The van der Waals surface area contributed by atoms with Gasteiger partial charge in [-0.1, -0.05) is 20.8 Å². The number of carbonyl (C=O) groups excluding carboxylic acids is 1. The van der Waals surface area contributed by atoms with E-state index in [2.05, 4.69) is 5.32 Å². The lowest BCUT2D eigenvalue weighted by molar-refractivity contribution is -0.197. The molecule has 0 aromatic heterocycles. The fourth-order valence-corrected chi connectivity index (χ4v) is 4.80. The highest BCUT2D eigenvalue weighted by atomic mass is 16.6. The third-order valence-corrected chi connectivity index (χ3v) is 7.05. The van der Waals surface area contributed by atoms with Gasteiger partial charge in [0.05, 0.1) is 44.7 Å². The molecular weight excluding hydrogens is 410 g/mol. The van der Waals surface area contributed by atoms with Crippen molar-refractivity contribution in [1.82, 2.24) is 5.32 Å². The summed E-state index contributed by atoms with van der Waals surface area (Å²) in [6.45, 7) is 6.70. The number of rotatable bonds is 9. The van der Waals surface area contributed by atoms with Gasteiger partial charge in [-0.15, -0.1) is 0 Å². The van der Waals surface area contributed by atoms with Crippen LogP contribution in [0.15, 0.2) is 0 Å². The van der Waals surface area contributed by atoms with Crippen molar-refractivity contribution in [3.8, 4) is 0 Å². The molecule has 0 aromatic carbocycles. The van der Waals surface area contributed by atoms with Crippen LogP contribution in [0.2, 0.25) is 0 Å². The summed E-state index contributed by atoms with van der Waals surface area (Å²) < 4.78 is 17.5. The predicted molar refractivity (Wildman–Crippen MR) is 109 cm³/mol. The van der Waals surface area contributed by atoms with Crippen molar-refractivity contribution >= 4 is 11.9 Å². The van der Waals surface area contributed by atoms with Crippen molar-refractivity contribution in [1.29, 1.82) is 0 Å². The Morgan fingerprint density at radius 2 is 1.48 bits per heavy atom. The third kappa shape index (κ3) is 5.94. The van der Waals surface area contributed by atoms with E-state index in [-0.39, 0.29) is 62.6 Å². The van der Waals surface area contributed by atoms with Gasteiger partial charge >= 0.3 is 5.97 Å². The molecule has 4 unspecified atom stereocenters. The number of carboxylic acid groups (broad SMARTS) is 1. The summed E-state index contributed by atoms with van der Waals surface area (Å²) in [6, 6.07) is -0.491. The van der Waals surface area contributed by atoms with Crippen LogP contribution in [-0.2, 0) is 23.8 Å². The Balaban J connectivity index is 2.07. The van der Waals surface area contributed by atoms with Crippen LogP contribution in [0.25, 0.3) is 0 Å². The fourth-order valence-electron chi connectivity index (χ4n) is 4.80. The van der Waals surface area contributed by atoms with Crippen molar-refractivity contribution in [3.63, 3.8) is 0 Å². The van der Waals surface area contributed by atoms with Crippen LogP contribution in [0.3, 0.4) is 0 Å². The van der Waals surface area contributed by atoms with Gasteiger partial charge in [-0.05, 0) is 17.8 Å². The fraction of sp³-hybridized carbons (Fsp3) is 0.905. The largest absolute Gasteiger partial charge is 0.479 e. The van der Waals surface area contributed by atoms with Gasteiger partial charge < -0.3 is 40.0 Å². The minimum Gasteiger partial charge on any atom is -0.479 e. The lowest BCUT2D eigenvalue weighted by atomic mass is 9.76. The average molecular weight is 448 g/mol. The number of carbonyl (C=O) groups is 2. The molecule has 2 aliphatic heterocycles. The van der Waals surface area contributed by atoms with Gasteiger partial charge in [0.25, 0.3) is 0 Å². The molecule has 31 heavy (non-hydrogen) atoms. The SMILES string of the molecule is CC(=O)NC1[C@H](CO)OC(CO)[C@@H](C)[C@H]1COC[C@@H]1OC(C(=O)O)[C@@H](CO)[C@@H](C)C1C. The van der Waals surface area contributed by atoms with Crippen molar-refractivity contribution < 1.29 is 44.2 Å². The molecule has 2 aliphatic rings. The molecule has 10 nitrogen and oxygen atoms in total. The van der Waals surface area contributed by atoms with Gasteiger partial charge in [-0.3, -0.25) is 4.79 Å². The van der Waals surface area contributed by atoms with Gasteiger partial charge in [-0.25, -0.2) is 4.79 Å². The van der Waals surface area contributed by atoms with Crippen molar-refractivity contribution in [2.24, 2.45) is 29.6 Å². The molecule has 1 amide bonds. The molecule has 10 atom stereocenters. The van der Waals surface area contributed by atoms with E-state index < -0.39 is 42.3 Å². The molecule has 0 aliphatic carbocycles. The maximum Gasteiger partial charge on any atom is 0.333 e. The van der Waals surface area contributed by atoms with Crippen LogP contribution in [0.5, 0.6) is 0 Å². The average Bonchev–Trinajstić information content (AvgIpc) is 2.72. The summed E-state index contributed by atoms with van der Waals surface area (Å²) in [5, 5.41) is 41.3. The summed E-state index contributed by atoms with van der Waals surface area (Å²) in [5.41, 5.74) is 0. The first kappa shape index (κ1) is 26.0. The normalized spacial score (nSPS) is 41.0. The maximum absolute atomic E-state index is 11.7. The highest BCUT2D eigenvalue weighted by molar-refractivity contribution is 5.73. The highest BCUT2D eigenvalue weighted by Crippen LogP contribution is 2.36. The number of aliphatic carboxylic acids is 1. The van der Waals surface area contributed by atoms with Crippen LogP contribution < -0.4 is 5.32 Å². The van der Waals surface area contributed by atoms with E-state index in [0.717, 1.165) is 0 Å². The zero-order valence-corrected chi connectivity index (χ0v) is 18.6. The molecule has 10 heteroatoms. The highest BCUT2D eigenvalue weighted by Gasteiger charge is 2.46. The molecule has 5 N–H and O–H groups in total. The summed E-state index contributed by atoms with van der Waals surface area (Å²) in [4.78, 5) is 23.3. The molecule has 0 radical (unpaired) electrons. The molecular formula is C21H37NO9. The van der Waals surface area contributed by atoms with Crippen LogP contribution in [0.4, 0.5) is 0 Å². The first-order chi connectivity index (χ1) is 14.7. The molecule has 2 rings (SSSR count). The summed E-state index contributed by atoms with van der Waals surface area (Å²) >= 11 is 0. The van der Waals surface area contributed by atoms with Crippen LogP contribution in [-0.4, -0.2) is 95.8 Å². The van der Waals surface area contributed by atoms with Gasteiger partial charge in [0.1, 0.15) is 6.10 Å². The Bertz CT molecular complexity index is 603. The monoisotopic (exact) mass is 447 g/mol. The smallest absolute Gasteiger partial charge is 0.333 e. The number of ether oxygens (including phenoxy) is 3.